The molecule has 0 radical (unpaired) electrons. The lowest BCUT2D eigenvalue weighted by molar-refractivity contribution is 0.0953. The van der Waals surface area contributed by atoms with Crippen LogP contribution in [0.4, 0.5) is 0 Å². The molecular formula is C11H11BrClN5O. The first-order valence-corrected chi connectivity index (χ1v) is 6.77. The Hall–Kier alpha value is -1.47. The summed E-state index contributed by atoms with van der Waals surface area (Å²) in [6, 6.07) is 1.64. The number of carbonyl (C=O) groups excluding carboxylic acids is 1. The molecular weight excluding hydrogens is 334 g/mol. The van der Waals surface area contributed by atoms with Gasteiger partial charge in [0.1, 0.15) is 17.3 Å². The second kappa shape index (κ2) is 6.63. The molecule has 2 aromatic rings. The van der Waals surface area contributed by atoms with E-state index in [-0.39, 0.29) is 11.1 Å². The predicted molar refractivity (Wildman–Crippen MR) is 74.0 cm³/mol. The van der Waals surface area contributed by atoms with Gasteiger partial charge >= 0.3 is 0 Å². The molecule has 19 heavy (non-hydrogen) atoms. The number of H-pyrrole nitrogens is 1. The van der Waals surface area contributed by atoms with Crippen molar-refractivity contribution in [3.63, 3.8) is 0 Å². The van der Waals surface area contributed by atoms with Gasteiger partial charge in [0.25, 0.3) is 5.91 Å². The summed E-state index contributed by atoms with van der Waals surface area (Å²) in [5, 5.41) is 9.49. The lowest BCUT2D eigenvalue weighted by Crippen LogP contribution is -2.25. The Morgan fingerprint density at radius 1 is 1.47 bits per heavy atom. The molecule has 6 nitrogen and oxygen atoms in total. The Bertz CT molecular complexity index is 560. The number of hydrogen-bond acceptors (Lipinski definition) is 4. The van der Waals surface area contributed by atoms with Crippen LogP contribution in [0.3, 0.4) is 0 Å². The average molecular weight is 345 g/mol. The first-order chi connectivity index (χ1) is 9.16. The second-order valence-corrected chi connectivity index (χ2v) is 5.06. The molecule has 0 aliphatic rings. The molecule has 2 rings (SSSR count). The smallest absolute Gasteiger partial charge is 0.254 e. The normalized spacial score (nSPS) is 10.4. The van der Waals surface area contributed by atoms with Crippen molar-refractivity contribution in [3.8, 4) is 0 Å². The number of halogens is 2. The number of hydrogen-bond donors (Lipinski definition) is 2. The summed E-state index contributed by atoms with van der Waals surface area (Å²) < 4.78 is 0.712. The van der Waals surface area contributed by atoms with Crippen LogP contribution in [-0.4, -0.2) is 32.6 Å². The van der Waals surface area contributed by atoms with E-state index in [0.717, 1.165) is 18.7 Å². The summed E-state index contributed by atoms with van der Waals surface area (Å²) in [5.74, 6) is 0.563. The largest absolute Gasteiger partial charge is 0.352 e. The molecule has 0 aliphatic carbocycles. The molecule has 0 saturated heterocycles. The van der Waals surface area contributed by atoms with Crippen LogP contribution >= 0.6 is 27.5 Å². The minimum absolute atomic E-state index is 0.191. The van der Waals surface area contributed by atoms with Crippen LogP contribution in [-0.2, 0) is 6.42 Å². The standard InChI is InChI=1S/C11H11BrClN5O/c12-7-4-8(10(13)15-5-7)11(19)14-3-1-2-9-16-6-17-18-9/h4-6H,1-3H2,(H,14,19)(H,16,17,18). The van der Waals surface area contributed by atoms with Gasteiger partial charge in [-0.25, -0.2) is 9.97 Å². The zero-order valence-corrected chi connectivity index (χ0v) is 12.2. The van der Waals surface area contributed by atoms with Gasteiger partial charge < -0.3 is 5.32 Å². The third-order valence-electron chi connectivity index (χ3n) is 2.39. The zero-order valence-electron chi connectivity index (χ0n) is 9.86. The van der Waals surface area contributed by atoms with Gasteiger partial charge in [-0.2, -0.15) is 5.10 Å². The van der Waals surface area contributed by atoms with E-state index in [1.165, 1.54) is 6.33 Å². The number of aromatic amines is 1. The molecule has 8 heteroatoms. The van der Waals surface area contributed by atoms with Gasteiger partial charge in [-0.15, -0.1) is 0 Å². The minimum Gasteiger partial charge on any atom is -0.352 e. The van der Waals surface area contributed by atoms with E-state index >= 15 is 0 Å². The van der Waals surface area contributed by atoms with Gasteiger partial charge in [0.2, 0.25) is 0 Å². The number of rotatable bonds is 5. The summed E-state index contributed by atoms with van der Waals surface area (Å²) in [6.45, 7) is 0.530. The number of nitrogens with one attached hydrogen (secondary N) is 2. The van der Waals surface area contributed by atoms with E-state index < -0.39 is 0 Å². The maximum atomic E-state index is 11.9. The van der Waals surface area contributed by atoms with Crippen LogP contribution in [0.5, 0.6) is 0 Å². The summed E-state index contributed by atoms with van der Waals surface area (Å²) in [5.41, 5.74) is 0.357. The second-order valence-electron chi connectivity index (χ2n) is 3.78. The Kier molecular flexibility index (Phi) is 4.86. The van der Waals surface area contributed by atoms with Crippen molar-refractivity contribution < 1.29 is 4.79 Å². The van der Waals surface area contributed by atoms with Crippen molar-refractivity contribution >= 4 is 33.4 Å². The molecule has 2 aromatic heterocycles. The van der Waals surface area contributed by atoms with Crippen molar-refractivity contribution in [1.29, 1.82) is 0 Å². The third kappa shape index (κ3) is 4.00. The molecule has 0 atom stereocenters. The molecule has 0 unspecified atom stereocenters. The van der Waals surface area contributed by atoms with E-state index in [9.17, 15) is 4.79 Å². The number of nitrogens with zero attached hydrogens (tertiary/aromatic N) is 3. The van der Waals surface area contributed by atoms with E-state index in [1.54, 1.807) is 12.3 Å². The summed E-state index contributed by atoms with van der Waals surface area (Å²) in [4.78, 5) is 19.8. The van der Waals surface area contributed by atoms with Crippen LogP contribution in [0.1, 0.15) is 22.6 Å². The topological polar surface area (TPSA) is 83.6 Å². The number of pyridine rings is 1. The Morgan fingerprint density at radius 3 is 3.05 bits per heavy atom. The van der Waals surface area contributed by atoms with Crippen LogP contribution in [0, 0.1) is 0 Å². The highest BCUT2D eigenvalue weighted by molar-refractivity contribution is 9.10. The highest BCUT2D eigenvalue weighted by atomic mass is 79.9. The van der Waals surface area contributed by atoms with Gasteiger partial charge in [-0.3, -0.25) is 9.89 Å². The first kappa shape index (κ1) is 14.0. The molecule has 0 saturated carbocycles. The lowest BCUT2D eigenvalue weighted by atomic mass is 10.2. The number of aromatic nitrogens is 4. The van der Waals surface area contributed by atoms with Gasteiger partial charge in [0.05, 0.1) is 5.56 Å². The zero-order chi connectivity index (χ0) is 13.7. The fraction of sp³-hybridized carbons (Fsp3) is 0.273. The van der Waals surface area contributed by atoms with E-state index in [0.29, 0.717) is 16.6 Å². The van der Waals surface area contributed by atoms with Gasteiger partial charge in [0.15, 0.2) is 0 Å². The predicted octanol–water partition coefficient (Wildman–Crippen LogP) is 1.98. The summed E-state index contributed by atoms with van der Waals surface area (Å²) in [6.07, 6.45) is 4.49. The maximum Gasteiger partial charge on any atom is 0.254 e. The SMILES string of the molecule is O=C(NCCCc1ncn[nH]1)c1cc(Br)cnc1Cl. The Morgan fingerprint density at radius 2 is 2.32 bits per heavy atom. The van der Waals surface area contributed by atoms with E-state index in [4.69, 9.17) is 11.6 Å². The van der Waals surface area contributed by atoms with Crippen molar-refractivity contribution in [2.75, 3.05) is 6.54 Å². The molecule has 2 N–H and O–H groups in total. The van der Waals surface area contributed by atoms with Crippen molar-refractivity contribution in [2.24, 2.45) is 0 Å². The molecule has 100 valence electrons. The van der Waals surface area contributed by atoms with Crippen LogP contribution in [0.15, 0.2) is 23.1 Å². The number of aryl methyl sites for hydroxylation is 1. The fourth-order valence-electron chi connectivity index (χ4n) is 1.49. The van der Waals surface area contributed by atoms with Crippen LogP contribution in [0.25, 0.3) is 0 Å². The molecule has 0 aromatic carbocycles. The molecule has 0 fully saturated rings. The minimum atomic E-state index is -0.239. The van der Waals surface area contributed by atoms with Crippen molar-refractivity contribution in [2.45, 2.75) is 12.8 Å². The van der Waals surface area contributed by atoms with Gasteiger partial charge in [-0.1, -0.05) is 11.6 Å². The van der Waals surface area contributed by atoms with Gasteiger partial charge in [-0.05, 0) is 28.4 Å². The third-order valence-corrected chi connectivity index (χ3v) is 3.13. The van der Waals surface area contributed by atoms with Crippen LogP contribution in [0.2, 0.25) is 5.15 Å². The highest BCUT2D eigenvalue weighted by Crippen LogP contribution is 2.17. The molecule has 0 spiro atoms. The average Bonchev–Trinajstić information content (AvgIpc) is 2.90. The highest BCUT2D eigenvalue weighted by Gasteiger charge is 2.11. The number of carbonyl (C=O) groups is 1. The summed E-state index contributed by atoms with van der Waals surface area (Å²) >= 11 is 9.12. The van der Waals surface area contributed by atoms with E-state index in [2.05, 4.69) is 41.4 Å². The fourth-order valence-corrected chi connectivity index (χ4v) is 2.01. The molecule has 0 bridgehead atoms. The lowest BCUT2D eigenvalue weighted by Gasteiger charge is -2.06. The Labute approximate surface area is 123 Å². The molecule has 2 heterocycles. The van der Waals surface area contributed by atoms with E-state index in [1.807, 2.05) is 0 Å². The molecule has 0 aliphatic heterocycles. The molecule has 1 amide bonds. The maximum absolute atomic E-state index is 11.9. The summed E-state index contributed by atoms with van der Waals surface area (Å²) in [7, 11) is 0. The Balaban J connectivity index is 1.82. The number of amides is 1. The van der Waals surface area contributed by atoms with Crippen LogP contribution < -0.4 is 5.32 Å². The van der Waals surface area contributed by atoms with Crippen molar-refractivity contribution in [1.82, 2.24) is 25.5 Å². The first-order valence-electron chi connectivity index (χ1n) is 5.60. The van der Waals surface area contributed by atoms with Crippen molar-refractivity contribution in [3.05, 3.63) is 39.6 Å². The van der Waals surface area contributed by atoms with Gasteiger partial charge in [0, 0.05) is 23.6 Å². The quantitative estimate of drug-likeness (QED) is 0.642. The monoisotopic (exact) mass is 343 g/mol.